The van der Waals surface area contributed by atoms with E-state index < -0.39 is 13.2 Å². The lowest BCUT2D eigenvalue weighted by molar-refractivity contribution is -0.127. The van der Waals surface area contributed by atoms with E-state index in [1.165, 1.54) is 12.2 Å². The Morgan fingerprint density at radius 2 is 1.50 bits per heavy atom. The molecule has 150 valence electrons. The molecule has 9 heteroatoms. The monoisotopic (exact) mass is 390 g/mol. The first-order valence-corrected chi connectivity index (χ1v) is 10.6. The number of ether oxygens (including phenoxy) is 1. The summed E-state index contributed by atoms with van der Waals surface area (Å²) in [5.74, 6) is -0.187. The maximum atomic E-state index is 12.3. The van der Waals surface area contributed by atoms with Gasteiger partial charge in [0.2, 0.25) is 5.91 Å². The molecule has 8 nitrogen and oxygen atoms in total. The molecule has 1 aliphatic rings. The van der Waals surface area contributed by atoms with Gasteiger partial charge in [0, 0.05) is 26.2 Å². The van der Waals surface area contributed by atoms with Crippen molar-refractivity contribution < 1.29 is 27.9 Å². The molecule has 1 saturated heterocycles. The van der Waals surface area contributed by atoms with Crippen molar-refractivity contribution in [2.24, 2.45) is 0 Å². The van der Waals surface area contributed by atoms with Crippen LogP contribution in [0.15, 0.2) is 12.2 Å². The Morgan fingerprint density at radius 3 is 1.96 bits per heavy atom. The summed E-state index contributed by atoms with van der Waals surface area (Å²) in [7, 11) is -3.19. The third-order valence-electron chi connectivity index (χ3n) is 3.48. The number of piperazine rings is 1. The summed E-state index contributed by atoms with van der Waals surface area (Å²) in [6.45, 7) is 11.2. The lowest BCUT2D eigenvalue weighted by Gasteiger charge is -2.35. The van der Waals surface area contributed by atoms with Crippen molar-refractivity contribution in [3.63, 3.8) is 0 Å². The Labute approximate surface area is 156 Å². The summed E-state index contributed by atoms with van der Waals surface area (Å²) in [6.07, 6.45) is 2.59. The maximum absolute atomic E-state index is 12.3. The van der Waals surface area contributed by atoms with E-state index in [1.807, 2.05) is 20.8 Å². The first-order chi connectivity index (χ1) is 12.1. The Hall–Kier alpha value is -1.37. The molecule has 2 amide bonds. The van der Waals surface area contributed by atoms with E-state index in [1.54, 1.807) is 23.6 Å². The van der Waals surface area contributed by atoms with Crippen LogP contribution in [0, 0.1) is 0 Å². The van der Waals surface area contributed by atoms with E-state index in [0.29, 0.717) is 26.2 Å². The molecule has 1 fully saturated rings. The molecule has 0 bridgehead atoms. The van der Waals surface area contributed by atoms with Crippen molar-refractivity contribution in [3.8, 4) is 0 Å². The average molecular weight is 390 g/mol. The predicted molar refractivity (Wildman–Crippen MR) is 99.3 cm³/mol. The molecule has 1 rings (SSSR count). The largest absolute Gasteiger partial charge is 0.444 e. The molecule has 0 unspecified atom stereocenters. The number of carbonyl (C=O) groups is 2. The van der Waals surface area contributed by atoms with Crippen LogP contribution < -0.4 is 0 Å². The normalized spacial score (nSPS) is 16.2. The molecular formula is C17H31N2O6P. The Morgan fingerprint density at radius 1 is 1.00 bits per heavy atom. The van der Waals surface area contributed by atoms with Gasteiger partial charge in [0.25, 0.3) is 0 Å². The second-order valence-electron chi connectivity index (χ2n) is 6.82. The van der Waals surface area contributed by atoms with E-state index in [-0.39, 0.29) is 31.4 Å². The highest BCUT2D eigenvalue weighted by Gasteiger charge is 2.27. The molecule has 1 aliphatic heterocycles. The highest BCUT2D eigenvalue weighted by molar-refractivity contribution is 7.54. The van der Waals surface area contributed by atoms with Crippen molar-refractivity contribution in [2.45, 2.75) is 40.2 Å². The van der Waals surface area contributed by atoms with E-state index >= 15 is 0 Å². The van der Waals surface area contributed by atoms with Crippen LogP contribution in [0.4, 0.5) is 4.79 Å². The van der Waals surface area contributed by atoms with E-state index in [0.717, 1.165) is 0 Å². The number of rotatable bonds is 7. The molecule has 0 aromatic rings. The third kappa shape index (κ3) is 7.89. The minimum atomic E-state index is -3.19. The van der Waals surface area contributed by atoms with E-state index in [2.05, 4.69) is 0 Å². The Kier molecular flexibility index (Phi) is 8.80. The number of nitrogens with zero attached hydrogens (tertiary/aromatic N) is 2. The van der Waals surface area contributed by atoms with Gasteiger partial charge in [0.1, 0.15) is 5.60 Å². The van der Waals surface area contributed by atoms with Crippen molar-refractivity contribution in [1.82, 2.24) is 9.80 Å². The fourth-order valence-corrected chi connectivity index (χ4v) is 3.80. The van der Waals surface area contributed by atoms with Crippen LogP contribution in [-0.4, -0.2) is 73.0 Å². The topological polar surface area (TPSA) is 85.4 Å². The summed E-state index contributed by atoms with van der Waals surface area (Å²) in [6, 6.07) is 0. The molecule has 0 aliphatic carbocycles. The SMILES string of the molecule is CCOP(=O)(CC=CC(=O)N1CCN(C(=O)OC(C)(C)C)CC1)OCC. The summed E-state index contributed by atoms with van der Waals surface area (Å²) in [5, 5.41) is 0. The van der Waals surface area contributed by atoms with Crippen molar-refractivity contribution in [2.75, 3.05) is 45.6 Å². The molecule has 0 spiro atoms. The van der Waals surface area contributed by atoms with Crippen LogP contribution in [0.2, 0.25) is 0 Å². The first kappa shape index (κ1) is 22.7. The molecule has 26 heavy (non-hydrogen) atoms. The van der Waals surface area contributed by atoms with Crippen molar-refractivity contribution in [3.05, 3.63) is 12.2 Å². The van der Waals surface area contributed by atoms with Gasteiger partial charge in [-0.2, -0.15) is 0 Å². The summed E-state index contributed by atoms with van der Waals surface area (Å²) < 4.78 is 28.0. The van der Waals surface area contributed by atoms with Crippen LogP contribution in [0.1, 0.15) is 34.6 Å². The number of carbonyl (C=O) groups excluding carboxylic acids is 2. The fourth-order valence-electron chi connectivity index (χ4n) is 2.36. The van der Waals surface area contributed by atoms with E-state index in [9.17, 15) is 14.2 Å². The van der Waals surface area contributed by atoms with Crippen LogP contribution >= 0.6 is 7.60 Å². The Balaban J connectivity index is 2.48. The highest BCUT2D eigenvalue weighted by atomic mass is 31.2. The van der Waals surface area contributed by atoms with Crippen molar-refractivity contribution >= 4 is 19.6 Å². The van der Waals surface area contributed by atoms with Crippen LogP contribution in [0.5, 0.6) is 0 Å². The molecular weight excluding hydrogens is 359 g/mol. The molecule has 0 aromatic carbocycles. The van der Waals surface area contributed by atoms with Gasteiger partial charge >= 0.3 is 13.7 Å². The summed E-state index contributed by atoms with van der Waals surface area (Å²) in [4.78, 5) is 27.5. The number of hydrogen-bond acceptors (Lipinski definition) is 6. The van der Waals surface area contributed by atoms with Gasteiger partial charge in [-0.3, -0.25) is 9.36 Å². The molecule has 0 atom stereocenters. The predicted octanol–water partition coefficient (Wildman–Crippen LogP) is 2.89. The van der Waals surface area contributed by atoms with Gasteiger partial charge in [0.05, 0.1) is 19.4 Å². The summed E-state index contributed by atoms with van der Waals surface area (Å²) in [5.41, 5.74) is -0.540. The van der Waals surface area contributed by atoms with Gasteiger partial charge in [-0.15, -0.1) is 0 Å². The minimum absolute atomic E-state index is 0.0539. The zero-order valence-electron chi connectivity index (χ0n) is 16.4. The second kappa shape index (κ2) is 10.1. The second-order valence-corrected chi connectivity index (χ2v) is 8.93. The molecule has 0 aromatic heterocycles. The standard InChI is InChI=1S/C17H31N2O6P/c1-6-23-26(22,24-7-2)14-8-9-15(20)18-10-12-19(13-11-18)16(21)25-17(3,4)5/h8-9H,6-7,10-14H2,1-5H3. The zero-order chi connectivity index (χ0) is 19.8. The number of allylic oxidation sites excluding steroid dienone is 1. The van der Waals surface area contributed by atoms with Gasteiger partial charge in [-0.1, -0.05) is 6.08 Å². The lowest BCUT2D eigenvalue weighted by atomic mass is 10.2. The van der Waals surface area contributed by atoms with Crippen LogP contribution in [-0.2, 0) is 23.1 Å². The molecule has 0 radical (unpaired) electrons. The first-order valence-electron chi connectivity index (χ1n) is 8.91. The molecule has 1 heterocycles. The quantitative estimate of drug-likeness (QED) is 0.491. The van der Waals surface area contributed by atoms with Crippen LogP contribution in [0.25, 0.3) is 0 Å². The summed E-state index contributed by atoms with van der Waals surface area (Å²) >= 11 is 0. The minimum Gasteiger partial charge on any atom is -0.444 e. The lowest BCUT2D eigenvalue weighted by Crippen LogP contribution is -2.51. The smallest absolute Gasteiger partial charge is 0.410 e. The van der Waals surface area contributed by atoms with Gasteiger partial charge < -0.3 is 23.6 Å². The fraction of sp³-hybridized carbons (Fsp3) is 0.765. The van der Waals surface area contributed by atoms with Gasteiger partial charge in [-0.25, -0.2) is 4.79 Å². The molecule has 0 saturated carbocycles. The van der Waals surface area contributed by atoms with E-state index in [4.69, 9.17) is 13.8 Å². The zero-order valence-corrected chi connectivity index (χ0v) is 17.3. The average Bonchev–Trinajstić information content (AvgIpc) is 2.53. The number of hydrogen-bond donors (Lipinski definition) is 0. The third-order valence-corrected chi connectivity index (χ3v) is 5.45. The maximum Gasteiger partial charge on any atom is 0.410 e. The van der Waals surface area contributed by atoms with Gasteiger partial charge in [0.15, 0.2) is 0 Å². The van der Waals surface area contributed by atoms with Gasteiger partial charge in [-0.05, 0) is 40.7 Å². The van der Waals surface area contributed by atoms with Crippen molar-refractivity contribution in [1.29, 1.82) is 0 Å². The Bertz CT molecular complexity index is 540. The van der Waals surface area contributed by atoms with Crippen LogP contribution in [0.3, 0.4) is 0 Å². The number of amides is 2. The highest BCUT2D eigenvalue weighted by Crippen LogP contribution is 2.47. The molecule has 0 N–H and O–H groups in total.